The molecule has 0 aromatic heterocycles. The Balaban J connectivity index is 1.95. The summed E-state index contributed by atoms with van der Waals surface area (Å²) in [6, 6.07) is 4.78. The number of halogens is 6. The van der Waals surface area contributed by atoms with Gasteiger partial charge < -0.3 is 15.0 Å². The second-order valence-corrected chi connectivity index (χ2v) is 6.36. The first-order valence-electron chi connectivity index (χ1n) is 8.58. The summed E-state index contributed by atoms with van der Waals surface area (Å²) in [6.45, 7) is 1.84. The van der Waals surface area contributed by atoms with Gasteiger partial charge >= 0.3 is 12.4 Å². The lowest BCUT2D eigenvalue weighted by Crippen LogP contribution is -2.38. The largest absolute Gasteiger partial charge is 0.482 e. The van der Waals surface area contributed by atoms with Crippen molar-refractivity contribution >= 4 is 23.2 Å². The van der Waals surface area contributed by atoms with Crippen molar-refractivity contribution in [3.63, 3.8) is 0 Å². The fourth-order valence-electron chi connectivity index (χ4n) is 2.92. The summed E-state index contributed by atoms with van der Waals surface area (Å²) in [5.74, 6) is -1.15. The van der Waals surface area contributed by atoms with E-state index in [1.165, 1.54) is 23.1 Å². The topological polar surface area (TPSA) is 58.6 Å². The lowest BCUT2D eigenvalue weighted by Gasteiger charge is -2.28. The van der Waals surface area contributed by atoms with Crippen LogP contribution in [0.15, 0.2) is 36.4 Å². The summed E-state index contributed by atoms with van der Waals surface area (Å²) in [7, 11) is 0. The fourth-order valence-corrected chi connectivity index (χ4v) is 2.92. The zero-order valence-electron chi connectivity index (χ0n) is 15.3. The van der Waals surface area contributed by atoms with Crippen molar-refractivity contribution < 1.29 is 40.7 Å². The number of hydrogen-bond acceptors (Lipinski definition) is 3. The molecular weight excluding hydrogens is 418 g/mol. The van der Waals surface area contributed by atoms with Crippen molar-refractivity contribution in [2.24, 2.45) is 0 Å². The minimum atomic E-state index is -5.07. The molecule has 11 heteroatoms. The minimum absolute atomic E-state index is 0.0578. The highest BCUT2D eigenvalue weighted by molar-refractivity contribution is 6.05. The zero-order chi connectivity index (χ0) is 22.3. The minimum Gasteiger partial charge on any atom is -0.482 e. The van der Waals surface area contributed by atoms with Crippen molar-refractivity contribution in [1.29, 1.82) is 0 Å². The molecule has 2 aromatic carbocycles. The Hall–Kier alpha value is -3.24. The zero-order valence-corrected chi connectivity index (χ0v) is 15.3. The molecule has 0 bridgehead atoms. The summed E-state index contributed by atoms with van der Waals surface area (Å²) < 4.78 is 83.2. The number of likely N-dealkylation sites (N-methyl/N-ethyl adjacent to an activating group) is 1. The van der Waals surface area contributed by atoms with Crippen LogP contribution in [0.1, 0.15) is 28.4 Å². The lowest BCUT2D eigenvalue weighted by molar-refractivity contribution is -0.143. The SMILES string of the molecule is CCN1C(=O)COc2ccc(NC(=O)c3cc(C(F)(F)F)cc(C(F)(F)F)c3)cc21. The molecule has 3 rings (SSSR count). The van der Waals surface area contributed by atoms with E-state index in [2.05, 4.69) is 5.32 Å². The van der Waals surface area contributed by atoms with Crippen LogP contribution < -0.4 is 15.0 Å². The molecule has 2 amide bonds. The Bertz CT molecular complexity index is 968. The number of fused-ring (bicyclic) bond motifs is 1. The first kappa shape index (κ1) is 21.5. The number of nitrogens with zero attached hydrogens (tertiary/aromatic N) is 1. The summed E-state index contributed by atoms with van der Waals surface area (Å²) in [6.07, 6.45) is -10.1. The predicted octanol–water partition coefficient (Wildman–Crippen LogP) is 4.72. The van der Waals surface area contributed by atoms with Crippen molar-refractivity contribution in [3.05, 3.63) is 53.1 Å². The normalized spacial score (nSPS) is 14.2. The Morgan fingerprint density at radius 1 is 1.03 bits per heavy atom. The van der Waals surface area contributed by atoms with Crippen LogP contribution in [0, 0.1) is 0 Å². The first-order valence-corrected chi connectivity index (χ1v) is 8.58. The molecular formula is C19H14F6N2O3. The summed E-state index contributed by atoms with van der Waals surface area (Å²) >= 11 is 0. The maximum Gasteiger partial charge on any atom is 0.416 e. The number of ether oxygens (including phenoxy) is 1. The Kier molecular flexibility index (Phi) is 5.40. The van der Waals surface area contributed by atoms with Crippen molar-refractivity contribution in [2.45, 2.75) is 19.3 Å². The lowest BCUT2D eigenvalue weighted by atomic mass is 10.0. The van der Waals surface area contributed by atoms with Gasteiger partial charge in [0.15, 0.2) is 6.61 Å². The highest BCUT2D eigenvalue weighted by atomic mass is 19.4. The van der Waals surface area contributed by atoms with Gasteiger partial charge in [-0.2, -0.15) is 26.3 Å². The van der Waals surface area contributed by atoms with Gasteiger partial charge in [-0.15, -0.1) is 0 Å². The standard InChI is InChI=1S/C19H14F6N2O3/c1-2-27-14-8-13(3-4-15(14)30-9-16(27)28)26-17(29)10-5-11(18(20,21)22)7-12(6-10)19(23,24)25/h3-8H,2,9H2,1H3,(H,26,29). The summed E-state index contributed by atoms with van der Waals surface area (Å²) in [5, 5.41) is 2.26. The second kappa shape index (κ2) is 7.54. The van der Waals surface area contributed by atoms with Gasteiger partial charge in [0, 0.05) is 17.8 Å². The van der Waals surface area contributed by atoms with Crippen LogP contribution in [0.5, 0.6) is 5.75 Å². The molecule has 160 valence electrons. The Morgan fingerprint density at radius 2 is 1.63 bits per heavy atom. The van der Waals surface area contributed by atoms with Crippen molar-refractivity contribution in [3.8, 4) is 5.75 Å². The predicted molar refractivity (Wildman–Crippen MR) is 94.4 cm³/mol. The highest BCUT2D eigenvalue weighted by Gasteiger charge is 2.37. The third-order valence-electron chi connectivity index (χ3n) is 4.33. The van der Waals surface area contributed by atoms with Crippen LogP contribution in [-0.4, -0.2) is 25.0 Å². The third kappa shape index (κ3) is 4.34. The van der Waals surface area contributed by atoms with Crippen molar-refractivity contribution in [2.75, 3.05) is 23.4 Å². The number of rotatable bonds is 3. The maximum atomic E-state index is 13.0. The van der Waals surface area contributed by atoms with E-state index in [4.69, 9.17) is 4.74 Å². The van der Waals surface area contributed by atoms with E-state index in [0.29, 0.717) is 30.1 Å². The molecule has 30 heavy (non-hydrogen) atoms. The molecule has 1 N–H and O–H groups in total. The van der Waals surface area contributed by atoms with E-state index < -0.39 is 35.0 Å². The Labute approximate surface area is 166 Å². The summed E-state index contributed by atoms with van der Waals surface area (Å²) in [4.78, 5) is 25.7. The highest BCUT2D eigenvalue weighted by Crippen LogP contribution is 2.37. The van der Waals surface area contributed by atoms with E-state index in [-0.39, 0.29) is 24.3 Å². The van der Waals surface area contributed by atoms with Crippen LogP contribution >= 0.6 is 0 Å². The fraction of sp³-hybridized carbons (Fsp3) is 0.263. The number of anilines is 2. The molecule has 1 heterocycles. The molecule has 1 aliphatic rings. The average Bonchev–Trinajstić information content (AvgIpc) is 2.66. The number of carbonyl (C=O) groups excluding carboxylic acids is 2. The van der Waals surface area contributed by atoms with Crippen molar-refractivity contribution in [1.82, 2.24) is 0 Å². The molecule has 5 nitrogen and oxygen atoms in total. The molecule has 0 aliphatic carbocycles. The van der Waals surface area contributed by atoms with E-state index in [1.807, 2.05) is 0 Å². The van der Waals surface area contributed by atoms with Gasteiger partial charge in [-0.05, 0) is 43.3 Å². The van der Waals surface area contributed by atoms with Gasteiger partial charge in [0.2, 0.25) is 0 Å². The van der Waals surface area contributed by atoms with E-state index in [1.54, 1.807) is 6.92 Å². The molecule has 0 spiro atoms. The van der Waals surface area contributed by atoms with Gasteiger partial charge in [-0.1, -0.05) is 0 Å². The molecule has 0 fully saturated rings. The number of amides is 2. The van der Waals surface area contributed by atoms with Crippen LogP contribution in [0.25, 0.3) is 0 Å². The molecule has 0 saturated carbocycles. The molecule has 0 unspecified atom stereocenters. The molecule has 0 saturated heterocycles. The number of benzene rings is 2. The quantitative estimate of drug-likeness (QED) is 0.714. The first-order chi connectivity index (χ1) is 13.9. The van der Waals surface area contributed by atoms with E-state index >= 15 is 0 Å². The molecule has 2 aromatic rings. The van der Waals surface area contributed by atoms with Gasteiger partial charge in [-0.3, -0.25) is 9.59 Å². The summed E-state index contributed by atoms with van der Waals surface area (Å²) in [5.41, 5.74) is -3.60. The number of alkyl halides is 6. The van der Waals surface area contributed by atoms with Crippen LogP contribution in [-0.2, 0) is 17.1 Å². The van der Waals surface area contributed by atoms with Gasteiger partial charge in [0.25, 0.3) is 11.8 Å². The molecule has 0 atom stereocenters. The van der Waals surface area contributed by atoms with Crippen LogP contribution in [0.2, 0.25) is 0 Å². The number of hydrogen-bond donors (Lipinski definition) is 1. The Morgan fingerprint density at radius 3 is 2.17 bits per heavy atom. The average molecular weight is 432 g/mol. The molecule has 0 radical (unpaired) electrons. The van der Waals surface area contributed by atoms with E-state index in [0.717, 1.165) is 0 Å². The number of carbonyl (C=O) groups is 2. The van der Waals surface area contributed by atoms with Gasteiger partial charge in [0.05, 0.1) is 16.8 Å². The maximum absolute atomic E-state index is 13.0. The number of nitrogens with one attached hydrogen (secondary N) is 1. The second-order valence-electron chi connectivity index (χ2n) is 6.36. The van der Waals surface area contributed by atoms with Crippen LogP contribution in [0.4, 0.5) is 37.7 Å². The van der Waals surface area contributed by atoms with E-state index in [9.17, 15) is 35.9 Å². The third-order valence-corrected chi connectivity index (χ3v) is 4.33. The monoisotopic (exact) mass is 432 g/mol. The van der Waals surface area contributed by atoms with Crippen LogP contribution in [0.3, 0.4) is 0 Å². The van der Waals surface area contributed by atoms with Gasteiger partial charge in [-0.25, -0.2) is 0 Å². The van der Waals surface area contributed by atoms with Gasteiger partial charge in [0.1, 0.15) is 5.75 Å². The molecule has 1 aliphatic heterocycles. The smallest absolute Gasteiger partial charge is 0.416 e.